The minimum absolute atomic E-state index is 0. The van der Waals surface area contributed by atoms with Crippen LogP contribution in [0.1, 0.15) is 13.8 Å². The van der Waals surface area contributed by atoms with E-state index in [1.54, 1.807) is 0 Å². The molecule has 0 aromatic carbocycles. The molecule has 0 aliphatic carbocycles. The van der Waals surface area contributed by atoms with Gasteiger partial charge >= 0.3 is 11.9 Å². The van der Waals surface area contributed by atoms with Gasteiger partial charge in [-0.2, -0.15) is 0 Å². The Kier molecular flexibility index (Phi) is 6.06. The number of carbonyl (C=O) groups is 2. The van der Waals surface area contributed by atoms with Gasteiger partial charge in [-0.25, -0.2) is 19.4 Å². The lowest BCUT2D eigenvalue weighted by atomic mass is 10.8. The summed E-state index contributed by atoms with van der Waals surface area (Å²) in [6.45, 7) is 2.28. The van der Waals surface area contributed by atoms with Crippen LogP contribution in [0.4, 0.5) is 0 Å². The van der Waals surface area contributed by atoms with E-state index in [9.17, 15) is 9.59 Å². The first kappa shape index (κ1) is 10.8. The maximum Gasteiger partial charge on any atom is 0.352 e. The smallest absolute Gasteiger partial charge is 0.352 e. The molecule has 0 saturated heterocycles. The van der Waals surface area contributed by atoms with E-state index in [1.165, 1.54) is 0 Å². The Morgan fingerprint density at radius 3 is 1.33 bits per heavy atom. The van der Waals surface area contributed by atoms with Crippen LogP contribution in [0.2, 0.25) is 0 Å². The molecular weight excluding hydrogens is 128 g/mol. The van der Waals surface area contributed by atoms with Gasteiger partial charge in [-0.15, -0.1) is 0 Å². The lowest BCUT2D eigenvalue weighted by Gasteiger charge is -1.93. The molecule has 0 fully saturated rings. The summed E-state index contributed by atoms with van der Waals surface area (Å²) < 4.78 is 0. The predicted molar refractivity (Wildman–Crippen MR) is 27.1 cm³/mol. The Morgan fingerprint density at radius 2 is 1.22 bits per heavy atom. The third-order valence-corrected chi connectivity index (χ3v) is 0.276. The fourth-order valence-corrected chi connectivity index (χ4v) is 0.117. The van der Waals surface area contributed by atoms with Crippen LogP contribution in [0.25, 0.3) is 0 Å². The van der Waals surface area contributed by atoms with Crippen molar-refractivity contribution in [1.82, 2.24) is 0 Å². The topological polar surface area (TPSA) is 84.1 Å². The van der Waals surface area contributed by atoms with Crippen LogP contribution in [0.3, 0.4) is 0 Å². The largest absolute Gasteiger partial charge is 0.412 e. The highest BCUT2D eigenvalue weighted by Crippen LogP contribution is 1.78. The second kappa shape index (κ2) is 5.04. The first-order chi connectivity index (χ1) is 3.63. The number of rotatable bonds is 0. The highest BCUT2D eigenvalue weighted by Gasteiger charge is 1.95. The summed E-state index contributed by atoms with van der Waals surface area (Å²) in [6, 6.07) is 0. The van der Waals surface area contributed by atoms with Crippen molar-refractivity contribution in [3.63, 3.8) is 0 Å². The van der Waals surface area contributed by atoms with Gasteiger partial charge in [0.25, 0.3) is 0 Å². The highest BCUT2D eigenvalue weighted by molar-refractivity contribution is 5.69. The van der Waals surface area contributed by atoms with Gasteiger partial charge in [0.15, 0.2) is 0 Å². The quantitative estimate of drug-likeness (QED) is 0.322. The van der Waals surface area contributed by atoms with Gasteiger partial charge < -0.3 is 5.48 Å². The van der Waals surface area contributed by atoms with Crippen LogP contribution in [0.5, 0.6) is 0 Å². The van der Waals surface area contributed by atoms with Crippen molar-refractivity contribution in [2.45, 2.75) is 13.8 Å². The van der Waals surface area contributed by atoms with E-state index in [2.05, 4.69) is 9.78 Å². The molecular formula is C4H8O5. The molecule has 0 unspecified atom stereocenters. The summed E-state index contributed by atoms with van der Waals surface area (Å²) in [6.07, 6.45) is 0. The van der Waals surface area contributed by atoms with E-state index in [-0.39, 0.29) is 5.48 Å². The molecule has 5 heteroatoms. The molecule has 9 heavy (non-hydrogen) atoms. The van der Waals surface area contributed by atoms with Crippen LogP contribution in [0.15, 0.2) is 0 Å². The van der Waals surface area contributed by atoms with Crippen molar-refractivity contribution in [2.24, 2.45) is 0 Å². The molecule has 0 aliphatic heterocycles. The summed E-state index contributed by atoms with van der Waals surface area (Å²) in [4.78, 5) is 27.3. The highest BCUT2D eigenvalue weighted by atomic mass is 17.2. The fraction of sp³-hybridized carbons (Fsp3) is 0.500. The van der Waals surface area contributed by atoms with Crippen molar-refractivity contribution in [3.8, 4) is 0 Å². The third kappa shape index (κ3) is 10.9. The van der Waals surface area contributed by atoms with Crippen molar-refractivity contribution in [2.75, 3.05) is 0 Å². The van der Waals surface area contributed by atoms with E-state index >= 15 is 0 Å². The van der Waals surface area contributed by atoms with E-state index < -0.39 is 11.9 Å². The molecule has 0 aromatic heterocycles. The zero-order valence-corrected chi connectivity index (χ0v) is 5.13. The van der Waals surface area contributed by atoms with Crippen LogP contribution in [-0.2, 0) is 19.4 Å². The van der Waals surface area contributed by atoms with Gasteiger partial charge in [0, 0.05) is 13.8 Å². The van der Waals surface area contributed by atoms with Gasteiger partial charge in [0.1, 0.15) is 0 Å². The molecule has 0 saturated carbocycles. The molecule has 0 rings (SSSR count). The average Bonchev–Trinajstić information content (AvgIpc) is 1.61. The van der Waals surface area contributed by atoms with Crippen molar-refractivity contribution in [1.29, 1.82) is 0 Å². The summed E-state index contributed by atoms with van der Waals surface area (Å²) >= 11 is 0. The number of hydrogen-bond acceptors (Lipinski definition) is 4. The van der Waals surface area contributed by atoms with Gasteiger partial charge in [0.2, 0.25) is 0 Å². The third-order valence-electron chi connectivity index (χ3n) is 0.276. The monoisotopic (exact) mass is 136 g/mol. The van der Waals surface area contributed by atoms with E-state index in [1.807, 2.05) is 0 Å². The predicted octanol–water partition coefficient (Wildman–Crippen LogP) is -0.797. The minimum Gasteiger partial charge on any atom is -0.412 e. The summed E-state index contributed by atoms with van der Waals surface area (Å²) in [5, 5.41) is 0. The van der Waals surface area contributed by atoms with E-state index in [0.717, 1.165) is 13.8 Å². The molecule has 0 amide bonds. The van der Waals surface area contributed by atoms with Crippen LogP contribution in [0, 0.1) is 0 Å². The second-order valence-corrected chi connectivity index (χ2v) is 1.15. The Labute approximate surface area is 51.8 Å². The van der Waals surface area contributed by atoms with Gasteiger partial charge in [-0.3, -0.25) is 0 Å². The van der Waals surface area contributed by atoms with Gasteiger partial charge in [-0.1, -0.05) is 0 Å². The maximum absolute atomic E-state index is 9.85. The van der Waals surface area contributed by atoms with Crippen LogP contribution < -0.4 is 0 Å². The number of hydrogen-bond donors (Lipinski definition) is 0. The maximum atomic E-state index is 9.85. The zero-order chi connectivity index (χ0) is 6.57. The molecule has 2 N–H and O–H groups in total. The molecule has 0 aromatic rings. The number of carbonyl (C=O) groups excluding carboxylic acids is 2. The molecule has 0 spiro atoms. The Morgan fingerprint density at radius 1 is 1.00 bits per heavy atom. The molecule has 0 radical (unpaired) electrons. The second-order valence-electron chi connectivity index (χ2n) is 1.15. The Hall–Kier alpha value is -1.10. The van der Waals surface area contributed by atoms with Crippen molar-refractivity contribution >= 4 is 11.9 Å². The SMILES string of the molecule is CC(=O)OOC(C)=O.O. The van der Waals surface area contributed by atoms with Crippen molar-refractivity contribution < 1.29 is 24.8 Å². The standard InChI is InChI=1S/C4H6O4.H2O/c1-3(5)7-8-4(2)6;/h1-2H3;1H2. The van der Waals surface area contributed by atoms with E-state index in [0.29, 0.717) is 0 Å². The Bertz CT molecular complexity index is 93.5. The van der Waals surface area contributed by atoms with Crippen LogP contribution >= 0.6 is 0 Å². The van der Waals surface area contributed by atoms with E-state index in [4.69, 9.17) is 0 Å². The first-order valence-corrected chi connectivity index (χ1v) is 1.98. The average molecular weight is 136 g/mol. The lowest BCUT2D eigenvalue weighted by Crippen LogP contribution is -2.03. The lowest BCUT2D eigenvalue weighted by molar-refractivity contribution is -0.255. The fourth-order valence-electron chi connectivity index (χ4n) is 0.117. The molecule has 5 nitrogen and oxygen atoms in total. The zero-order valence-electron chi connectivity index (χ0n) is 5.13. The normalized spacial score (nSPS) is 6.89. The Balaban J connectivity index is 0. The minimum atomic E-state index is -0.639. The molecule has 0 heterocycles. The molecule has 0 bridgehead atoms. The summed E-state index contributed by atoms with van der Waals surface area (Å²) in [5.74, 6) is -1.28. The molecule has 54 valence electrons. The molecule has 0 atom stereocenters. The van der Waals surface area contributed by atoms with Gasteiger partial charge in [0.05, 0.1) is 0 Å². The van der Waals surface area contributed by atoms with Crippen LogP contribution in [-0.4, -0.2) is 17.4 Å². The summed E-state index contributed by atoms with van der Waals surface area (Å²) in [7, 11) is 0. The van der Waals surface area contributed by atoms with Gasteiger partial charge in [-0.05, 0) is 0 Å². The first-order valence-electron chi connectivity index (χ1n) is 1.98. The molecule has 0 aliphatic rings. The summed E-state index contributed by atoms with van der Waals surface area (Å²) in [5.41, 5.74) is 0. The van der Waals surface area contributed by atoms with Crippen molar-refractivity contribution in [3.05, 3.63) is 0 Å².